The topological polar surface area (TPSA) is 57.3 Å². The number of carbonyl (C=O) groups is 1. The van der Waals surface area contributed by atoms with Gasteiger partial charge >= 0.3 is 6.03 Å². The predicted octanol–water partition coefficient (Wildman–Crippen LogP) is 2.34. The summed E-state index contributed by atoms with van der Waals surface area (Å²) < 4.78 is 0. The van der Waals surface area contributed by atoms with Crippen molar-refractivity contribution in [3.05, 3.63) is 16.1 Å². The zero-order valence-electron chi connectivity index (χ0n) is 13.3. The van der Waals surface area contributed by atoms with Crippen LogP contribution in [-0.4, -0.2) is 48.6 Å². The molecule has 1 heterocycles. The Kier molecular flexibility index (Phi) is 5.58. The summed E-state index contributed by atoms with van der Waals surface area (Å²) in [5, 5.41) is 7.13. The Labute approximate surface area is 131 Å². The highest BCUT2D eigenvalue weighted by molar-refractivity contribution is 7.11. The second kappa shape index (κ2) is 7.22. The van der Waals surface area contributed by atoms with E-state index in [1.54, 1.807) is 11.3 Å². The lowest BCUT2D eigenvalue weighted by molar-refractivity contribution is 0.235. The molecule has 21 heavy (non-hydrogen) atoms. The minimum Gasteiger partial charge on any atom is -0.337 e. The minimum atomic E-state index is -0.0560. The summed E-state index contributed by atoms with van der Waals surface area (Å²) in [5.41, 5.74) is 0. The van der Waals surface area contributed by atoms with Crippen LogP contribution in [0.15, 0.2) is 6.20 Å². The van der Waals surface area contributed by atoms with Gasteiger partial charge in [0.05, 0.1) is 5.01 Å². The second-order valence-electron chi connectivity index (χ2n) is 6.19. The number of rotatable bonds is 5. The number of nitrogens with one attached hydrogen (secondary N) is 2. The molecule has 2 N–H and O–H groups in total. The Hall–Kier alpha value is -1.14. The van der Waals surface area contributed by atoms with Gasteiger partial charge in [0.2, 0.25) is 0 Å². The van der Waals surface area contributed by atoms with Crippen LogP contribution in [0.3, 0.4) is 0 Å². The molecule has 1 saturated carbocycles. The number of aromatic nitrogens is 1. The van der Waals surface area contributed by atoms with E-state index in [0.29, 0.717) is 18.6 Å². The highest BCUT2D eigenvalue weighted by atomic mass is 32.1. The van der Waals surface area contributed by atoms with E-state index in [4.69, 9.17) is 0 Å². The molecule has 2 rings (SSSR count). The second-order valence-corrected chi connectivity index (χ2v) is 7.46. The molecule has 1 aromatic rings. The highest BCUT2D eigenvalue weighted by Crippen LogP contribution is 2.22. The van der Waals surface area contributed by atoms with Crippen LogP contribution >= 0.6 is 11.3 Å². The number of urea groups is 1. The summed E-state index contributed by atoms with van der Waals surface area (Å²) in [5.74, 6) is 0.257. The van der Waals surface area contributed by atoms with E-state index in [-0.39, 0.29) is 11.9 Å². The molecule has 0 unspecified atom stereocenters. The van der Waals surface area contributed by atoms with E-state index < -0.39 is 0 Å². The third kappa shape index (κ3) is 4.68. The van der Waals surface area contributed by atoms with Gasteiger partial charge in [-0.15, -0.1) is 11.3 Å². The zero-order chi connectivity index (χ0) is 15.4. The number of hydrogen-bond acceptors (Lipinski definition) is 4. The molecule has 0 aliphatic heterocycles. The molecule has 1 aliphatic carbocycles. The molecule has 6 heteroatoms. The van der Waals surface area contributed by atoms with Gasteiger partial charge in [-0.1, -0.05) is 6.92 Å². The van der Waals surface area contributed by atoms with E-state index in [1.807, 2.05) is 6.20 Å². The summed E-state index contributed by atoms with van der Waals surface area (Å²) in [6, 6.07) is 0.835. The summed E-state index contributed by atoms with van der Waals surface area (Å²) in [7, 11) is 4.20. The number of hydrogen-bond donors (Lipinski definition) is 2. The molecule has 118 valence electrons. The van der Waals surface area contributed by atoms with Crippen LogP contribution in [0.1, 0.15) is 42.0 Å². The number of nitrogens with zero attached hydrogens (tertiary/aromatic N) is 2. The molecule has 1 aromatic heterocycles. The fraction of sp³-hybridized carbons (Fsp3) is 0.733. The number of amides is 2. The molecule has 0 spiro atoms. The van der Waals surface area contributed by atoms with Gasteiger partial charge in [-0.3, -0.25) is 0 Å². The van der Waals surface area contributed by atoms with Crippen molar-refractivity contribution in [1.82, 2.24) is 20.5 Å². The summed E-state index contributed by atoms with van der Waals surface area (Å²) in [6.07, 6.45) is 5.16. The standard InChI is InChI=1S/C15H26N4OS/c1-10(14-16-9-11(2)21-14)8-17-15(20)18-12-5-6-13(7-12)19(3)4/h9-10,12-13H,5-8H2,1-4H3,(H2,17,18,20)/t10-,12-,13-/m1/s1. The van der Waals surface area contributed by atoms with E-state index in [1.165, 1.54) is 4.88 Å². The van der Waals surface area contributed by atoms with Crippen LogP contribution in [0.2, 0.25) is 0 Å². The van der Waals surface area contributed by atoms with Crippen LogP contribution in [0.5, 0.6) is 0 Å². The first-order valence-corrected chi connectivity index (χ1v) is 8.40. The molecule has 1 fully saturated rings. The minimum absolute atomic E-state index is 0.0560. The quantitative estimate of drug-likeness (QED) is 0.877. The molecule has 2 amide bonds. The third-order valence-electron chi connectivity index (χ3n) is 4.10. The number of carbonyl (C=O) groups excluding carboxylic acids is 1. The lowest BCUT2D eigenvalue weighted by Gasteiger charge is -2.19. The van der Waals surface area contributed by atoms with Gasteiger partial charge in [0, 0.05) is 35.6 Å². The van der Waals surface area contributed by atoms with Crippen LogP contribution < -0.4 is 10.6 Å². The van der Waals surface area contributed by atoms with Crippen molar-refractivity contribution in [2.75, 3.05) is 20.6 Å². The maximum absolute atomic E-state index is 12.0. The van der Waals surface area contributed by atoms with E-state index in [9.17, 15) is 4.79 Å². The molecular weight excluding hydrogens is 284 g/mol. The monoisotopic (exact) mass is 310 g/mol. The third-order valence-corrected chi connectivity index (χ3v) is 5.24. The summed E-state index contributed by atoms with van der Waals surface area (Å²) >= 11 is 1.70. The summed E-state index contributed by atoms with van der Waals surface area (Å²) in [4.78, 5) is 19.8. The average molecular weight is 310 g/mol. The van der Waals surface area contributed by atoms with Crippen LogP contribution in [0.25, 0.3) is 0 Å². The lowest BCUT2D eigenvalue weighted by atomic mass is 10.2. The maximum Gasteiger partial charge on any atom is 0.315 e. The Balaban J connectivity index is 1.70. The Morgan fingerprint density at radius 3 is 2.86 bits per heavy atom. The highest BCUT2D eigenvalue weighted by Gasteiger charge is 2.27. The molecule has 5 nitrogen and oxygen atoms in total. The summed E-state index contributed by atoms with van der Waals surface area (Å²) in [6.45, 7) is 4.77. The van der Waals surface area contributed by atoms with Gasteiger partial charge in [-0.2, -0.15) is 0 Å². The number of thiazole rings is 1. The Morgan fingerprint density at radius 1 is 1.52 bits per heavy atom. The van der Waals surface area contributed by atoms with Gasteiger partial charge in [0.15, 0.2) is 0 Å². The van der Waals surface area contributed by atoms with Crippen molar-refractivity contribution < 1.29 is 4.79 Å². The molecule has 1 aliphatic rings. The first-order chi connectivity index (χ1) is 9.95. The van der Waals surface area contributed by atoms with Crippen LogP contribution in [0.4, 0.5) is 4.79 Å². The van der Waals surface area contributed by atoms with Crippen molar-refractivity contribution in [2.45, 2.75) is 51.1 Å². The average Bonchev–Trinajstić information content (AvgIpc) is 3.05. The molecule has 0 radical (unpaired) electrons. The van der Waals surface area contributed by atoms with Crippen molar-refractivity contribution in [3.63, 3.8) is 0 Å². The van der Waals surface area contributed by atoms with Crippen LogP contribution in [-0.2, 0) is 0 Å². The van der Waals surface area contributed by atoms with Crippen molar-refractivity contribution in [3.8, 4) is 0 Å². The van der Waals surface area contributed by atoms with E-state index in [2.05, 4.69) is 48.5 Å². The predicted molar refractivity (Wildman–Crippen MR) is 86.9 cm³/mol. The molecule has 0 bridgehead atoms. The zero-order valence-corrected chi connectivity index (χ0v) is 14.2. The smallest absolute Gasteiger partial charge is 0.315 e. The van der Waals surface area contributed by atoms with Gasteiger partial charge in [0.25, 0.3) is 0 Å². The van der Waals surface area contributed by atoms with Crippen molar-refractivity contribution in [2.24, 2.45) is 0 Å². The fourth-order valence-corrected chi connectivity index (χ4v) is 3.55. The Bertz CT molecular complexity index is 474. The van der Waals surface area contributed by atoms with E-state index >= 15 is 0 Å². The first kappa shape index (κ1) is 16.2. The van der Waals surface area contributed by atoms with E-state index in [0.717, 1.165) is 24.3 Å². The van der Waals surface area contributed by atoms with Crippen LogP contribution in [0, 0.1) is 6.92 Å². The van der Waals surface area contributed by atoms with Gasteiger partial charge in [0.1, 0.15) is 0 Å². The largest absolute Gasteiger partial charge is 0.337 e. The number of aryl methyl sites for hydroxylation is 1. The van der Waals surface area contributed by atoms with Crippen molar-refractivity contribution >= 4 is 17.4 Å². The molecule has 0 saturated heterocycles. The molecule has 0 aromatic carbocycles. The van der Waals surface area contributed by atoms with Gasteiger partial charge in [-0.25, -0.2) is 9.78 Å². The Morgan fingerprint density at radius 2 is 2.29 bits per heavy atom. The van der Waals surface area contributed by atoms with Gasteiger partial charge < -0.3 is 15.5 Å². The van der Waals surface area contributed by atoms with Gasteiger partial charge in [-0.05, 0) is 40.3 Å². The lowest BCUT2D eigenvalue weighted by Crippen LogP contribution is -2.42. The normalized spacial score (nSPS) is 23.3. The molecular formula is C15H26N4OS. The van der Waals surface area contributed by atoms with Crippen molar-refractivity contribution in [1.29, 1.82) is 0 Å². The SMILES string of the molecule is Cc1cnc([C@H](C)CNC(=O)N[C@@H]2CC[C@@H](N(C)C)C2)s1. The maximum atomic E-state index is 12.0. The fourth-order valence-electron chi connectivity index (χ4n) is 2.73. The molecule has 3 atom stereocenters. The first-order valence-electron chi connectivity index (χ1n) is 7.58.